The molecule has 0 atom stereocenters. The molecule has 4 heterocycles. The Morgan fingerprint density at radius 1 is 1.10 bits per heavy atom. The van der Waals surface area contributed by atoms with E-state index in [2.05, 4.69) is 21.4 Å². The lowest BCUT2D eigenvalue weighted by Crippen LogP contribution is -2.12. The number of rotatable bonds is 6. The number of pyridine rings is 1. The number of hydrogen-bond acceptors (Lipinski definition) is 7. The lowest BCUT2D eigenvalue weighted by molar-refractivity contribution is 0.0998. The largest absolute Gasteiger partial charge is 0.451 e. The molecule has 0 saturated carbocycles. The van der Waals surface area contributed by atoms with Crippen molar-refractivity contribution in [3.8, 4) is 11.3 Å². The molecule has 0 aliphatic carbocycles. The van der Waals surface area contributed by atoms with Gasteiger partial charge < -0.3 is 4.42 Å². The Balaban J connectivity index is 1.42. The van der Waals surface area contributed by atoms with Crippen molar-refractivity contribution in [1.29, 1.82) is 0 Å². The molecule has 148 valence electrons. The van der Waals surface area contributed by atoms with Crippen LogP contribution in [0.3, 0.4) is 0 Å². The van der Waals surface area contributed by atoms with Gasteiger partial charge in [-0.3, -0.25) is 15.1 Å². The third-order valence-electron chi connectivity index (χ3n) is 4.44. The summed E-state index contributed by atoms with van der Waals surface area (Å²) in [5, 5.41) is 8.32. The van der Waals surface area contributed by atoms with Crippen LogP contribution in [-0.4, -0.2) is 15.9 Å². The minimum absolute atomic E-state index is 0.292. The molecule has 0 bridgehead atoms. The topological polar surface area (TPSA) is 68.0 Å². The molecule has 5 aromatic rings. The standard InChI is InChI=1S/C22H15N3O2S3/c26-21(25-22-24-17(13-30-22)14-5-3-9-23-11-14)20-16(12-29-19-8-4-10-28-19)15-6-1-2-7-18(15)27-20/h1-11,13H,12H2,(H,24,25,26). The molecule has 0 unspecified atom stereocenters. The van der Waals surface area contributed by atoms with Gasteiger partial charge in [-0.05, 0) is 29.6 Å². The van der Waals surface area contributed by atoms with Crippen LogP contribution in [0.25, 0.3) is 22.2 Å². The highest BCUT2D eigenvalue weighted by Gasteiger charge is 2.22. The number of thiophene rings is 1. The van der Waals surface area contributed by atoms with Crippen molar-refractivity contribution in [2.75, 3.05) is 5.32 Å². The molecular weight excluding hydrogens is 434 g/mol. The lowest BCUT2D eigenvalue weighted by atomic mass is 10.1. The molecule has 0 spiro atoms. The molecule has 5 nitrogen and oxygen atoms in total. The quantitative estimate of drug-likeness (QED) is 0.297. The van der Waals surface area contributed by atoms with Gasteiger partial charge >= 0.3 is 0 Å². The van der Waals surface area contributed by atoms with Crippen molar-refractivity contribution in [2.45, 2.75) is 9.96 Å². The summed E-state index contributed by atoms with van der Waals surface area (Å²) in [5.74, 6) is 0.692. The average molecular weight is 450 g/mol. The second-order valence-corrected chi connectivity index (χ2v) is 9.44. The third-order valence-corrected chi connectivity index (χ3v) is 7.36. The van der Waals surface area contributed by atoms with Crippen LogP contribution in [0.2, 0.25) is 0 Å². The summed E-state index contributed by atoms with van der Waals surface area (Å²) >= 11 is 4.76. The van der Waals surface area contributed by atoms with Crippen molar-refractivity contribution >= 4 is 56.4 Å². The number of furan rings is 1. The minimum Gasteiger partial charge on any atom is -0.451 e. The van der Waals surface area contributed by atoms with Crippen LogP contribution in [-0.2, 0) is 5.75 Å². The highest BCUT2D eigenvalue weighted by molar-refractivity contribution is 8.00. The van der Waals surface area contributed by atoms with Crippen LogP contribution >= 0.6 is 34.4 Å². The second kappa shape index (κ2) is 8.43. The van der Waals surface area contributed by atoms with Gasteiger partial charge in [0.25, 0.3) is 5.91 Å². The molecule has 0 fully saturated rings. The van der Waals surface area contributed by atoms with E-state index in [1.165, 1.54) is 15.5 Å². The summed E-state index contributed by atoms with van der Waals surface area (Å²) in [6.07, 6.45) is 3.47. The number of amides is 1. The van der Waals surface area contributed by atoms with Crippen molar-refractivity contribution in [2.24, 2.45) is 0 Å². The van der Waals surface area contributed by atoms with Crippen LogP contribution in [0.5, 0.6) is 0 Å². The van der Waals surface area contributed by atoms with Crippen molar-refractivity contribution < 1.29 is 9.21 Å². The summed E-state index contributed by atoms with van der Waals surface area (Å²) in [7, 11) is 0. The SMILES string of the molecule is O=C(Nc1nc(-c2cccnc2)cs1)c1oc2ccccc2c1CSc1cccs1. The van der Waals surface area contributed by atoms with E-state index in [-0.39, 0.29) is 5.91 Å². The Labute approximate surface area is 184 Å². The van der Waals surface area contributed by atoms with Gasteiger partial charge in [-0.25, -0.2) is 4.98 Å². The van der Waals surface area contributed by atoms with E-state index in [0.717, 1.165) is 22.2 Å². The number of thiazole rings is 1. The molecule has 0 radical (unpaired) electrons. The molecule has 0 aliphatic heterocycles. The second-order valence-electron chi connectivity index (χ2n) is 6.36. The maximum Gasteiger partial charge on any atom is 0.293 e. The normalized spacial score (nSPS) is 11.1. The Hall–Kier alpha value is -2.94. The summed E-state index contributed by atoms with van der Waals surface area (Å²) in [4.78, 5) is 21.7. The average Bonchev–Trinajstić information content (AvgIpc) is 3.53. The van der Waals surface area contributed by atoms with E-state index in [1.54, 1.807) is 35.5 Å². The Bertz CT molecular complexity index is 1290. The van der Waals surface area contributed by atoms with E-state index in [0.29, 0.717) is 22.2 Å². The van der Waals surface area contributed by atoms with Crippen LogP contribution in [0.15, 0.2) is 80.3 Å². The van der Waals surface area contributed by atoms with Gasteiger partial charge in [0.2, 0.25) is 0 Å². The van der Waals surface area contributed by atoms with Crippen molar-refractivity contribution in [1.82, 2.24) is 9.97 Å². The summed E-state index contributed by atoms with van der Waals surface area (Å²) < 4.78 is 7.14. The van der Waals surface area contributed by atoms with Crippen LogP contribution < -0.4 is 5.32 Å². The molecule has 5 rings (SSSR count). The minimum atomic E-state index is -0.292. The number of para-hydroxylation sites is 1. The molecule has 4 aromatic heterocycles. The number of hydrogen-bond donors (Lipinski definition) is 1. The van der Waals surface area contributed by atoms with Crippen molar-refractivity contribution in [3.05, 3.63) is 83.0 Å². The van der Waals surface area contributed by atoms with E-state index < -0.39 is 0 Å². The Morgan fingerprint density at radius 2 is 2.03 bits per heavy atom. The van der Waals surface area contributed by atoms with Gasteiger partial charge in [0, 0.05) is 40.0 Å². The highest BCUT2D eigenvalue weighted by atomic mass is 32.2. The lowest BCUT2D eigenvalue weighted by Gasteiger charge is -2.03. The van der Waals surface area contributed by atoms with Gasteiger partial charge in [-0.1, -0.05) is 24.3 Å². The van der Waals surface area contributed by atoms with Gasteiger partial charge in [0.05, 0.1) is 9.90 Å². The fourth-order valence-electron chi connectivity index (χ4n) is 3.05. The Kier molecular flexibility index (Phi) is 5.35. The van der Waals surface area contributed by atoms with E-state index in [1.807, 2.05) is 53.2 Å². The Morgan fingerprint density at radius 3 is 2.87 bits per heavy atom. The number of nitrogens with zero attached hydrogens (tertiary/aromatic N) is 2. The molecular formula is C22H15N3O2S3. The van der Waals surface area contributed by atoms with Crippen LogP contribution in [0.1, 0.15) is 16.1 Å². The summed E-state index contributed by atoms with van der Waals surface area (Å²) in [6.45, 7) is 0. The first kappa shape index (κ1) is 19.0. The number of nitrogens with one attached hydrogen (secondary N) is 1. The fraction of sp³-hybridized carbons (Fsp3) is 0.0455. The van der Waals surface area contributed by atoms with Gasteiger partial charge in [-0.2, -0.15) is 0 Å². The molecule has 0 saturated heterocycles. The summed E-state index contributed by atoms with van der Waals surface area (Å²) in [6, 6.07) is 15.6. The van der Waals surface area contributed by atoms with Gasteiger partial charge in [-0.15, -0.1) is 34.4 Å². The maximum absolute atomic E-state index is 13.1. The maximum atomic E-state index is 13.1. The summed E-state index contributed by atoms with van der Waals surface area (Å²) in [5.41, 5.74) is 3.29. The highest BCUT2D eigenvalue weighted by Crippen LogP contribution is 2.34. The zero-order valence-corrected chi connectivity index (χ0v) is 18.0. The molecule has 0 aliphatic rings. The first-order valence-corrected chi connectivity index (χ1v) is 11.9. The van der Waals surface area contributed by atoms with Crippen molar-refractivity contribution in [3.63, 3.8) is 0 Å². The van der Waals surface area contributed by atoms with E-state index in [9.17, 15) is 4.79 Å². The smallest absolute Gasteiger partial charge is 0.293 e. The number of fused-ring (bicyclic) bond motifs is 1. The number of carbonyl (C=O) groups is 1. The van der Waals surface area contributed by atoms with Crippen LogP contribution in [0, 0.1) is 0 Å². The number of anilines is 1. The zero-order valence-electron chi connectivity index (χ0n) is 15.6. The predicted molar refractivity (Wildman–Crippen MR) is 123 cm³/mol. The van der Waals surface area contributed by atoms with Gasteiger partial charge in [0.1, 0.15) is 5.58 Å². The third kappa shape index (κ3) is 3.89. The molecule has 1 N–H and O–H groups in total. The zero-order chi connectivity index (χ0) is 20.3. The van der Waals surface area contributed by atoms with Crippen LogP contribution in [0.4, 0.5) is 5.13 Å². The van der Waals surface area contributed by atoms with E-state index >= 15 is 0 Å². The molecule has 30 heavy (non-hydrogen) atoms. The molecule has 1 aromatic carbocycles. The molecule has 1 amide bonds. The number of carbonyl (C=O) groups excluding carboxylic acids is 1. The molecule has 8 heteroatoms. The first-order valence-electron chi connectivity index (χ1n) is 9.12. The monoisotopic (exact) mass is 449 g/mol. The fourth-order valence-corrected chi connectivity index (χ4v) is 5.57. The first-order chi connectivity index (χ1) is 14.8. The van der Waals surface area contributed by atoms with E-state index in [4.69, 9.17) is 4.42 Å². The predicted octanol–water partition coefficient (Wildman–Crippen LogP) is 6.56. The number of benzene rings is 1. The van der Waals surface area contributed by atoms with Gasteiger partial charge in [0.15, 0.2) is 10.9 Å². The number of thioether (sulfide) groups is 1. The number of aromatic nitrogens is 2.